The molecule has 62 heavy (non-hydrogen) atoms. The molecule has 0 radical (unpaired) electrons. The predicted octanol–water partition coefficient (Wildman–Crippen LogP) is 9.83. The summed E-state index contributed by atoms with van der Waals surface area (Å²) < 4.78 is 5.45. The molecular weight excluding hydrogens is 769 g/mol. The van der Waals surface area contributed by atoms with Crippen LogP contribution in [0.2, 0.25) is 0 Å². The van der Waals surface area contributed by atoms with Crippen molar-refractivity contribution in [2.24, 2.45) is 23.7 Å². The van der Waals surface area contributed by atoms with Crippen molar-refractivity contribution >= 4 is 24.1 Å². The first-order valence-corrected chi connectivity index (χ1v) is 23.1. The number of carbonyl (C=O) groups excluding carboxylic acids is 1. The van der Waals surface area contributed by atoms with E-state index in [-0.39, 0.29) is 5.97 Å². The van der Waals surface area contributed by atoms with E-state index in [1.165, 1.54) is 60.8 Å². The zero-order valence-electron chi connectivity index (χ0n) is 37.1. The van der Waals surface area contributed by atoms with Crippen LogP contribution in [0.15, 0.2) is 121 Å². The quantitative estimate of drug-likeness (QED) is 0.0962. The van der Waals surface area contributed by atoms with Crippen LogP contribution in [-0.4, -0.2) is 83.8 Å². The molecule has 328 valence electrons. The van der Waals surface area contributed by atoms with Crippen LogP contribution in [0, 0.1) is 23.7 Å². The Balaban J connectivity index is 0.000000188. The first-order chi connectivity index (χ1) is 30.0. The lowest BCUT2D eigenvalue weighted by Crippen LogP contribution is -2.37. The van der Waals surface area contributed by atoms with Crippen molar-refractivity contribution < 1.29 is 19.4 Å². The minimum atomic E-state index is -0.863. The summed E-state index contributed by atoms with van der Waals surface area (Å²) in [7, 11) is 0. The van der Waals surface area contributed by atoms with E-state index >= 15 is 0 Å². The molecule has 4 unspecified atom stereocenters. The van der Waals surface area contributed by atoms with Crippen molar-refractivity contribution in [2.75, 3.05) is 39.3 Å². The molecule has 8 rings (SSSR count). The highest BCUT2D eigenvalue weighted by Gasteiger charge is 2.36. The van der Waals surface area contributed by atoms with Gasteiger partial charge in [-0.2, -0.15) is 0 Å². The minimum absolute atomic E-state index is 0.254. The molecule has 2 aliphatic carbocycles. The number of carbonyl (C=O) groups is 2. The number of ether oxygens (including phenoxy) is 1. The topological polar surface area (TPSA) is 94.1 Å². The smallest absolute Gasteiger partial charge is 0.338 e. The number of likely N-dealkylation sites (tertiary alicyclic amines) is 2. The van der Waals surface area contributed by atoms with Crippen LogP contribution in [0.5, 0.6) is 0 Å². The molecule has 0 spiro atoms. The second-order valence-electron chi connectivity index (χ2n) is 19.0. The van der Waals surface area contributed by atoms with Gasteiger partial charge in [0.2, 0.25) is 0 Å². The highest BCUT2D eigenvalue weighted by atomic mass is 16.6. The number of aromatic carboxylic acids is 1. The van der Waals surface area contributed by atoms with Crippen molar-refractivity contribution in [3.63, 3.8) is 0 Å². The molecule has 0 aromatic heterocycles. The number of piperidine rings is 2. The predicted molar refractivity (Wildman–Crippen MR) is 252 cm³/mol. The highest BCUT2D eigenvalue weighted by Crippen LogP contribution is 2.34. The lowest BCUT2D eigenvalue weighted by atomic mass is 9.96. The Morgan fingerprint density at radius 2 is 1.02 bits per heavy atom. The van der Waals surface area contributed by atoms with Crippen LogP contribution in [-0.2, 0) is 17.8 Å². The summed E-state index contributed by atoms with van der Waals surface area (Å²) in [4.78, 5) is 28.2. The summed E-state index contributed by atoms with van der Waals surface area (Å²) >= 11 is 0. The highest BCUT2D eigenvalue weighted by molar-refractivity contribution is 5.89. The third-order valence-electron chi connectivity index (χ3n) is 12.7. The third kappa shape index (κ3) is 14.9. The summed E-state index contributed by atoms with van der Waals surface area (Å²) in [6, 6.07) is 37.6. The zero-order chi connectivity index (χ0) is 43.3. The van der Waals surface area contributed by atoms with E-state index in [9.17, 15) is 9.59 Å². The number of carboxylic acid groups (broad SMARTS) is 1. The van der Waals surface area contributed by atoms with Gasteiger partial charge in [0.05, 0.1) is 11.1 Å². The fourth-order valence-corrected chi connectivity index (χ4v) is 8.61. The number of hydrogen-bond donors (Lipinski definition) is 3. The van der Waals surface area contributed by atoms with Crippen molar-refractivity contribution in [1.29, 1.82) is 0 Å². The molecule has 0 bridgehead atoms. The Bertz CT molecular complexity index is 2050. The summed E-state index contributed by atoms with van der Waals surface area (Å²) in [6.07, 6.45) is 16.7. The van der Waals surface area contributed by atoms with E-state index in [0.717, 1.165) is 64.2 Å². The lowest BCUT2D eigenvalue weighted by molar-refractivity contribution is 0.00692. The summed E-state index contributed by atoms with van der Waals surface area (Å²) in [5.41, 5.74) is 5.53. The molecular formula is C54H68N4O4. The molecule has 8 nitrogen and oxygen atoms in total. The van der Waals surface area contributed by atoms with Crippen LogP contribution < -0.4 is 10.6 Å². The number of rotatable bonds is 16. The molecule has 4 fully saturated rings. The molecule has 4 atom stereocenters. The van der Waals surface area contributed by atoms with Crippen LogP contribution in [0.4, 0.5) is 0 Å². The van der Waals surface area contributed by atoms with E-state index in [0.29, 0.717) is 35.0 Å². The van der Waals surface area contributed by atoms with Gasteiger partial charge in [0.25, 0.3) is 0 Å². The van der Waals surface area contributed by atoms with Gasteiger partial charge in [-0.15, -0.1) is 0 Å². The van der Waals surface area contributed by atoms with Gasteiger partial charge in [0.15, 0.2) is 0 Å². The van der Waals surface area contributed by atoms with Crippen molar-refractivity contribution in [2.45, 2.75) is 90.1 Å². The largest absolute Gasteiger partial charge is 0.478 e. The fourth-order valence-electron chi connectivity index (χ4n) is 8.61. The standard InChI is InChI=1S/C29H38N2O2.C25H30N2O2/c1-29(2,3)33-28(32)25-12-10-24(11-13-25)21-31-17-15-23(16-18-31)20-30-27-19-26(27)14-9-22-7-5-4-6-8-22;28-25(29)22-9-7-21(8-10-22)18-27-14-12-20(13-15-27)17-26-24-16-23(24)11-6-19-4-2-1-3-5-19/h4-14,23,26-27,30H,15-21H2,1-3H3;1-11,20,23-24,26H,12-18H2,(H,28,29)/b14-9+;11-6+. The van der Waals surface area contributed by atoms with Crippen LogP contribution in [0.3, 0.4) is 0 Å². The Morgan fingerprint density at radius 1 is 0.613 bits per heavy atom. The van der Waals surface area contributed by atoms with Gasteiger partial charge in [0.1, 0.15) is 5.60 Å². The lowest BCUT2D eigenvalue weighted by Gasteiger charge is -2.32. The molecule has 4 aliphatic rings. The number of nitrogens with zero attached hydrogens (tertiary/aromatic N) is 2. The molecule has 8 heteroatoms. The minimum Gasteiger partial charge on any atom is -0.478 e. The second-order valence-corrected chi connectivity index (χ2v) is 19.0. The van der Waals surface area contributed by atoms with E-state index in [4.69, 9.17) is 9.84 Å². The van der Waals surface area contributed by atoms with Gasteiger partial charge in [-0.3, -0.25) is 9.80 Å². The molecule has 2 heterocycles. The summed E-state index contributed by atoms with van der Waals surface area (Å²) in [5, 5.41) is 16.6. The molecule has 4 aromatic rings. The maximum absolute atomic E-state index is 12.2. The number of esters is 1. The SMILES string of the molecule is CC(C)(C)OC(=O)c1ccc(CN2CCC(CNC3CC3/C=C/c3ccccc3)CC2)cc1.O=C(O)c1ccc(CN2CCC(CNC3CC3/C=C/c3ccccc3)CC2)cc1. The first kappa shape index (κ1) is 45.2. The third-order valence-corrected chi connectivity index (χ3v) is 12.7. The van der Waals surface area contributed by atoms with Crippen molar-refractivity contribution in [3.05, 3.63) is 155 Å². The summed E-state index contributed by atoms with van der Waals surface area (Å²) in [6.45, 7) is 14.3. The molecule has 0 amide bonds. The number of nitrogens with one attached hydrogen (secondary N) is 2. The van der Waals surface area contributed by atoms with Crippen LogP contribution in [0.1, 0.15) is 102 Å². The maximum atomic E-state index is 12.2. The van der Waals surface area contributed by atoms with Gasteiger partial charge in [-0.25, -0.2) is 9.59 Å². The fraction of sp³-hybridized carbons (Fsp3) is 0.444. The van der Waals surface area contributed by atoms with Crippen LogP contribution >= 0.6 is 0 Å². The monoisotopic (exact) mass is 837 g/mol. The summed E-state index contributed by atoms with van der Waals surface area (Å²) in [5.74, 6) is 1.79. The van der Waals surface area contributed by atoms with Gasteiger partial charge in [-0.1, -0.05) is 109 Å². The molecule has 4 aromatic carbocycles. The van der Waals surface area contributed by atoms with Gasteiger partial charge >= 0.3 is 11.9 Å². The average Bonchev–Trinajstić information content (AvgIpc) is 4.22. The Labute approximate surface area is 370 Å². The zero-order valence-corrected chi connectivity index (χ0v) is 37.1. The van der Waals surface area contributed by atoms with E-state index in [2.05, 4.69) is 118 Å². The van der Waals surface area contributed by atoms with Gasteiger partial charge < -0.3 is 20.5 Å². The first-order valence-electron chi connectivity index (χ1n) is 23.1. The normalized spacial score (nSPS) is 22.3. The maximum Gasteiger partial charge on any atom is 0.338 e. The molecule has 2 saturated heterocycles. The Kier molecular flexibility index (Phi) is 16.0. The number of benzene rings is 4. The molecule has 2 saturated carbocycles. The van der Waals surface area contributed by atoms with Crippen molar-refractivity contribution in [3.8, 4) is 0 Å². The van der Waals surface area contributed by atoms with E-state index in [1.807, 2.05) is 45.0 Å². The van der Waals surface area contributed by atoms with Crippen molar-refractivity contribution in [1.82, 2.24) is 20.4 Å². The Hall–Kier alpha value is -4.86. The number of carboxylic acids is 1. The van der Waals surface area contributed by atoms with E-state index < -0.39 is 11.6 Å². The van der Waals surface area contributed by atoms with Crippen LogP contribution in [0.25, 0.3) is 12.2 Å². The molecule has 2 aliphatic heterocycles. The van der Waals surface area contributed by atoms with Gasteiger partial charge in [0, 0.05) is 25.2 Å². The average molecular weight is 837 g/mol. The number of hydrogen-bond acceptors (Lipinski definition) is 7. The van der Waals surface area contributed by atoms with E-state index in [1.54, 1.807) is 12.1 Å². The second kappa shape index (κ2) is 22.0. The Morgan fingerprint density at radius 3 is 1.40 bits per heavy atom. The molecule has 3 N–H and O–H groups in total. The van der Waals surface area contributed by atoms with Gasteiger partial charge in [-0.05, 0) is 169 Å².